The van der Waals surface area contributed by atoms with E-state index in [0.29, 0.717) is 48.3 Å². The molecule has 0 bridgehead atoms. The molecule has 5 aromatic rings. The maximum absolute atomic E-state index is 12.2. The average molecular weight is 596 g/mol. The van der Waals surface area contributed by atoms with E-state index in [1.54, 1.807) is 0 Å². The topological polar surface area (TPSA) is 138 Å². The summed E-state index contributed by atoms with van der Waals surface area (Å²) in [5.41, 5.74) is 4.33. The highest BCUT2D eigenvalue weighted by atomic mass is 16.5. The number of urea groups is 1. The Balaban J connectivity index is 1.11. The second kappa shape index (κ2) is 15.5. The zero-order valence-electron chi connectivity index (χ0n) is 24.7. The third-order valence-electron chi connectivity index (χ3n) is 7.00. The molecule has 44 heavy (non-hydrogen) atoms. The molecule has 2 amide bonds. The Bertz CT molecular complexity index is 1610. The van der Waals surface area contributed by atoms with Gasteiger partial charge in [-0.1, -0.05) is 37.3 Å². The zero-order chi connectivity index (χ0) is 30.6. The van der Waals surface area contributed by atoms with Crippen LogP contribution in [0.3, 0.4) is 0 Å². The summed E-state index contributed by atoms with van der Waals surface area (Å²) in [6.45, 7) is 5.95. The lowest BCUT2D eigenvalue weighted by atomic mass is 10.1. The molecule has 0 unspecified atom stereocenters. The fourth-order valence-electron chi connectivity index (χ4n) is 4.64. The normalized spacial score (nSPS) is 11.1. The highest BCUT2D eigenvalue weighted by molar-refractivity contribution is 5.99. The maximum Gasteiger partial charge on any atom is 0.323 e. The number of hydrogen-bond acceptors (Lipinski definition) is 9. The Hall–Kier alpha value is -5.00. The molecule has 0 fully saturated rings. The molecule has 0 saturated carbocycles. The quantitative estimate of drug-likeness (QED) is 0.113. The van der Waals surface area contributed by atoms with Crippen molar-refractivity contribution in [2.45, 2.75) is 19.8 Å². The second-order valence-electron chi connectivity index (χ2n) is 10.1. The number of rotatable bonds is 15. The van der Waals surface area contributed by atoms with E-state index in [4.69, 9.17) is 14.3 Å². The van der Waals surface area contributed by atoms with Gasteiger partial charge in [0.05, 0.1) is 13.2 Å². The summed E-state index contributed by atoms with van der Waals surface area (Å²) in [7, 11) is 0. The smallest absolute Gasteiger partial charge is 0.323 e. The summed E-state index contributed by atoms with van der Waals surface area (Å²) in [5.74, 6) is 1.83. The van der Waals surface area contributed by atoms with E-state index in [2.05, 4.69) is 42.7 Å². The molecule has 0 saturated heterocycles. The Morgan fingerprint density at radius 3 is 2.41 bits per heavy atom. The maximum atomic E-state index is 12.2. The second-order valence-corrected chi connectivity index (χ2v) is 10.1. The first-order valence-electron chi connectivity index (χ1n) is 14.7. The highest BCUT2D eigenvalue weighted by Gasteiger charge is 2.14. The van der Waals surface area contributed by atoms with Crippen LogP contribution in [0.2, 0.25) is 0 Å². The predicted octanol–water partition coefficient (Wildman–Crippen LogP) is 5.67. The van der Waals surface area contributed by atoms with Crippen molar-refractivity contribution in [2.75, 3.05) is 55.3 Å². The van der Waals surface area contributed by atoms with Crippen LogP contribution in [0, 0.1) is 0 Å². The molecule has 0 atom stereocenters. The van der Waals surface area contributed by atoms with E-state index in [9.17, 15) is 4.79 Å². The molecule has 11 nitrogen and oxygen atoms in total. The van der Waals surface area contributed by atoms with Gasteiger partial charge in [0.15, 0.2) is 11.3 Å². The van der Waals surface area contributed by atoms with E-state index in [-0.39, 0.29) is 12.6 Å². The average Bonchev–Trinajstić information content (AvgIpc) is 3.49. The number of hydrogen-bond donors (Lipinski definition) is 4. The van der Waals surface area contributed by atoms with Crippen LogP contribution >= 0.6 is 0 Å². The van der Waals surface area contributed by atoms with Gasteiger partial charge >= 0.3 is 6.03 Å². The first-order valence-corrected chi connectivity index (χ1v) is 14.7. The fourth-order valence-corrected chi connectivity index (χ4v) is 4.64. The first kappa shape index (κ1) is 30.5. The van der Waals surface area contributed by atoms with Crippen molar-refractivity contribution in [3.05, 3.63) is 90.8 Å². The Kier molecular flexibility index (Phi) is 10.7. The molecule has 228 valence electrons. The van der Waals surface area contributed by atoms with Gasteiger partial charge < -0.3 is 35.1 Å². The van der Waals surface area contributed by atoms with Crippen LogP contribution in [0.5, 0.6) is 5.75 Å². The molecular formula is C33H37N7O4. The van der Waals surface area contributed by atoms with Crippen LogP contribution in [0.1, 0.15) is 18.9 Å². The number of benzene rings is 3. The number of ether oxygens (including phenoxy) is 1. The standard InChI is InChI=1S/C33H37N7O4/c1-2-40(20-21-41)19-6-22-43-28-15-11-25(12-16-28)31-39-29-30(35-23-36-32(29)44-31)34-18-17-24-9-13-27(14-10-24)38-33(42)37-26-7-4-3-5-8-26/h3-5,7-16,23,41H,2,6,17-22H2,1H3,(H,34,35,36)(H2,37,38,42). The van der Waals surface area contributed by atoms with Crippen molar-refractivity contribution in [3.63, 3.8) is 0 Å². The lowest BCUT2D eigenvalue weighted by molar-refractivity contribution is 0.189. The van der Waals surface area contributed by atoms with E-state index in [1.807, 2.05) is 78.9 Å². The van der Waals surface area contributed by atoms with Crippen LogP contribution in [-0.2, 0) is 6.42 Å². The molecule has 0 aliphatic carbocycles. The van der Waals surface area contributed by atoms with Crippen LogP contribution in [0.25, 0.3) is 22.7 Å². The Morgan fingerprint density at radius 2 is 1.68 bits per heavy atom. The number of carbonyl (C=O) groups is 1. The minimum atomic E-state index is -0.292. The summed E-state index contributed by atoms with van der Waals surface area (Å²) in [4.78, 5) is 27.7. The van der Waals surface area contributed by atoms with Crippen LogP contribution < -0.4 is 20.7 Å². The van der Waals surface area contributed by atoms with Crippen molar-refractivity contribution >= 4 is 34.5 Å². The minimum Gasteiger partial charge on any atom is -0.494 e. The number of para-hydroxylation sites is 1. The van der Waals surface area contributed by atoms with Crippen molar-refractivity contribution in [1.29, 1.82) is 0 Å². The number of nitrogens with one attached hydrogen (secondary N) is 3. The Morgan fingerprint density at radius 1 is 0.932 bits per heavy atom. The van der Waals surface area contributed by atoms with E-state index in [0.717, 1.165) is 48.5 Å². The highest BCUT2D eigenvalue weighted by Crippen LogP contribution is 2.27. The summed E-state index contributed by atoms with van der Waals surface area (Å²) < 4.78 is 11.8. The fraction of sp³-hybridized carbons (Fsp3) is 0.273. The molecule has 0 radical (unpaired) electrons. The van der Waals surface area contributed by atoms with Crippen LogP contribution in [-0.4, -0.2) is 70.4 Å². The summed E-state index contributed by atoms with van der Waals surface area (Å²) in [6, 6.07) is 24.3. The Labute approximate surface area is 256 Å². The number of aliphatic hydroxyl groups excluding tert-OH is 1. The third kappa shape index (κ3) is 8.52. The molecule has 0 spiro atoms. The number of carbonyl (C=O) groups excluding carboxylic acids is 1. The summed E-state index contributed by atoms with van der Waals surface area (Å²) in [6.07, 6.45) is 3.08. The minimum absolute atomic E-state index is 0.168. The molecule has 0 aliphatic rings. The molecule has 0 aliphatic heterocycles. The van der Waals surface area contributed by atoms with E-state index in [1.165, 1.54) is 6.33 Å². The monoisotopic (exact) mass is 595 g/mol. The van der Waals surface area contributed by atoms with Gasteiger partial charge in [-0.25, -0.2) is 14.8 Å². The van der Waals surface area contributed by atoms with Crippen molar-refractivity contribution in [1.82, 2.24) is 19.9 Å². The molecule has 4 N–H and O–H groups in total. The molecule has 2 aromatic heterocycles. The van der Waals surface area contributed by atoms with Crippen molar-refractivity contribution in [2.24, 2.45) is 0 Å². The first-order chi connectivity index (χ1) is 21.6. The van der Waals surface area contributed by atoms with Crippen molar-refractivity contribution < 1.29 is 19.1 Å². The zero-order valence-corrected chi connectivity index (χ0v) is 24.7. The lowest BCUT2D eigenvalue weighted by Gasteiger charge is -2.18. The number of likely N-dealkylation sites (N-methyl/N-ethyl adjacent to an activating group) is 1. The number of aromatic nitrogens is 3. The van der Waals surface area contributed by atoms with Gasteiger partial charge in [0.2, 0.25) is 5.89 Å². The van der Waals surface area contributed by atoms with Crippen LogP contribution in [0.15, 0.2) is 89.6 Å². The van der Waals surface area contributed by atoms with Crippen molar-refractivity contribution in [3.8, 4) is 17.2 Å². The predicted molar refractivity (Wildman–Crippen MR) is 172 cm³/mol. The number of oxazole rings is 1. The number of nitrogens with zero attached hydrogens (tertiary/aromatic N) is 4. The van der Waals surface area contributed by atoms with E-state index < -0.39 is 0 Å². The number of fused-ring (bicyclic) bond motifs is 1. The van der Waals surface area contributed by atoms with Gasteiger partial charge in [0, 0.05) is 36.6 Å². The third-order valence-corrected chi connectivity index (χ3v) is 7.00. The van der Waals surface area contributed by atoms with Gasteiger partial charge in [0.1, 0.15) is 12.1 Å². The summed E-state index contributed by atoms with van der Waals surface area (Å²) in [5, 5.41) is 18.1. The molecule has 5 rings (SSSR count). The van der Waals surface area contributed by atoms with Gasteiger partial charge in [-0.2, -0.15) is 4.98 Å². The number of anilines is 3. The van der Waals surface area contributed by atoms with Gasteiger partial charge in [0.25, 0.3) is 5.71 Å². The SMILES string of the molecule is CCN(CCO)CCCOc1ccc(-c2nc3c(NCCc4ccc(NC(=O)Nc5ccccc5)cc4)ncnc3o2)cc1. The number of aliphatic hydroxyl groups is 1. The lowest BCUT2D eigenvalue weighted by Crippen LogP contribution is -2.28. The van der Waals surface area contributed by atoms with Gasteiger partial charge in [-0.05, 0) is 73.5 Å². The van der Waals surface area contributed by atoms with Gasteiger partial charge in [-0.3, -0.25) is 0 Å². The van der Waals surface area contributed by atoms with Crippen LogP contribution in [0.4, 0.5) is 22.0 Å². The number of amides is 2. The molecule has 3 aromatic carbocycles. The van der Waals surface area contributed by atoms with E-state index >= 15 is 0 Å². The van der Waals surface area contributed by atoms with Gasteiger partial charge in [-0.15, -0.1) is 0 Å². The largest absolute Gasteiger partial charge is 0.494 e. The summed E-state index contributed by atoms with van der Waals surface area (Å²) >= 11 is 0. The molecule has 11 heteroatoms. The molecule has 2 heterocycles. The molecular weight excluding hydrogens is 558 g/mol.